The van der Waals surface area contributed by atoms with Crippen molar-refractivity contribution < 1.29 is 23.9 Å². The number of nitro benzene ring substituents is 1. The van der Waals surface area contributed by atoms with Crippen molar-refractivity contribution in [2.45, 2.75) is 6.54 Å². The zero-order valence-electron chi connectivity index (χ0n) is 17.5. The second kappa shape index (κ2) is 9.60. The van der Waals surface area contributed by atoms with E-state index in [4.69, 9.17) is 14.2 Å². The summed E-state index contributed by atoms with van der Waals surface area (Å²) in [6, 6.07) is 11.7. The van der Waals surface area contributed by atoms with E-state index >= 15 is 0 Å². The molecule has 11 nitrogen and oxygen atoms in total. The molecule has 3 aromatic rings. The van der Waals surface area contributed by atoms with Crippen LogP contribution in [0.5, 0.6) is 17.2 Å². The summed E-state index contributed by atoms with van der Waals surface area (Å²) in [6.45, 7) is -0.390. The standard InChI is InChI=1S/C21H20N4O7/c1-30-14-5-8-18(31-2)15(11-14)16-7-9-21(27)24(23-16)12-20(26)22-17-6-4-13(25(28)29)10-19(17)32-3/h4-11H,12H2,1-3H3,(H,22,26). The van der Waals surface area contributed by atoms with Gasteiger partial charge in [0.15, 0.2) is 0 Å². The largest absolute Gasteiger partial charge is 0.497 e. The second-order valence-corrected chi connectivity index (χ2v) is 6.47. The lowest BCUT2D eigenvalue weighted by Gasteiger charge is -2.12. The van der Waals surface area contributed by atoms with Crippen molar-refractivity contribution in [3.8, 4) is 28.5 Å². The highest BCUT2D eigenvalue weighted by atomic mass is 16.6. The number of methoxy groups -OCH3 is 3. The molecule has 0 saturated heterocycles. The number of non-ortho nitro benzene ring substituents is 1. The average Bonchev–Trinajstić information content (AvgIpc) is 2.80. The number of anilines is 1. The van der Waals surface area contributed by atoms with Crippen molar-refractivity contribution in [2.75, 3.05) is 26.6 Å². The number of amides is 1. The second-order valence-electron chi connectivity index (χ2n) is 6.47. The predicted molar refractivity (Wildman–Crippen MR) is 115 cm³/mol. The first kappa shape index (κ1) is 22.3. The molecule has 2 aromatic carbocycles. The number of aromatic nitrogens is 2. The number of carbonyl (C=O) groups excluding carboxylic acids is 1. The lowest BCUT2D eigenvalue weighted by molar-refractivity contribution is -0.384. The van der Waals surface area contributed by atoms with Crippen LogP contribution in [0.4, 0.5) is 11.4 Å². The molecule has 0 unspecified atom stereocenters. The Balaban J connectivity index is 1.87. The van der Waals surface area contributed by atoms with Gasteiger partial charge in [-0.2, -0.15) is 5.10 Å². The maximum Gasteiger partial charge on any atom is 0.273 e. The van der Waals surface area contributed by atoms with Crippen LogP contribution >= 0.6 is 0 Å². The van der Waals surface area contributed by atoms with Gasteiger partial charge in [-0.3, -0.25) is 19.7 Å². The number of hydrogen-bond acceptors (Lipinski definition) is 8. The first-order valence-electron chi connectivity index (χ1n) is 9.29. The van der Waals surface area contributed by atoms with Gasteiger partial charge in [0.1, 0.15) is 23.8 Å². The van der Waals surface area contributed by atoms with Crippen molar-refractivity contribution in [2.24, 2.45) is 0 Å². The summed E-state index contributed by atoms with van der Waals surface area (Å²) in [7, 11) is 4.36. The quantitative estimate of drug-likeness (QED) is 0.417. The van der Waals surface area contributed by atoms with Gasteiger partial charge in [-0.05, 0) is 30.3 Å². The van der Waals surface area contributed by atoms with Crippen molar-refractivity contribution in [3.05, 3.63) is 69.0 Å². The molecule has 11 heteroatoms. The molecule has 0 saturated carbocycles. The minimum Gasteiger partial charge on any atom is -0.497 e. The molecule has 0 fully saturated rings. The normalized spacial score (nSPS) is 10.3. The van der Waals surface area contributed by atoms with E-state index in [0.717, 1.165) is 4.68 Å². The van der Waals surface area contributed by atoms with Crippen LogP contribution in [0.1, 0.15) is 0 Å². The molecular weight excluding hydrogens is 420 g/mol. The van der Waals surface area contributed by atoms with Gasteiger partial charge >= 0.3 is 0 Å². The van der Waals surface area contributed by atoms with Gasteiger partial charge in [0.25, 0.3) is 11.2 Å². The van der Waals surface area contributed by atoms with Gasteiger partial charge in [0, 0.05) is 17.7 Å². The number of benzene rings is 2. The molecule has 0 aliphatic heterocycles. The number of nitrogens with zero attached hydrogens (tertiary/aromatic N) is 3. The summed E-state index contributed by atoms with van der Waals surface area (Å²) < 4.78 is 16.7. The van der Waals surface area contributed by atoms with E-state index in [0.29, 0.717) is 22.8 Å². The van der Waals surface area contributed by atoms with Crippen LogP contribution in [0.25, 0.3) is 11.3 Å². The molecule has 32 heavy (non-hydrogen) atoms. The summed E-state index contributed by atoms with van der Waals surface area (Å²) in [6.07, 6.45) is 0. The minimum absolute atomic E-state index is 0.114. The third kappa shape index (κ3) is 4.83. The molecule has 0 aliphatic rings. The van der Waals surface area contributed by atoms with Gasteiger partial charge in [-0.15, -0.1) is 0 Å². The number of carbonyl (C=O) groups is 1. The Morgan fingerprint density at radius 2 is 1.78 bits per heavy atom. The number of nitrogens with one attached hydrogen (secondary N) is 1. The minimum atomic E-state index is -0.573. The number of nitro groups is 1. The Morgan fingerprint density at radius 3 is 2.44 bits per heavy atom. The van der Waals surface area contributed by atoms with E-state index < -0.39 is 16.4 Å². The summed E-state index contributed by atoms with van der Waals surface area (Å²) in [5, 5.41) is 17.8. The molecule has 1 amide bonds. The summed E-state index contributed by atoms with van der Waals surface area (Å²) >= 11 is 0. The Hall–Kier alpha value is -4.41. The van der Waals surface area contributed by atoms with Crippen LogP contribution in [0.3, 0.4) is 0 Å². The maximum absolute atomic E-state index is 12.5. The van der Waals surface area contributed by atoms with Crippen molar-refractivity contribution >= 4 is 17.3 Å². The van der Waals surface area contributed by atoms with E-state index in [-0.39, 0.29) is 23.7 Å². The highest BCUT2D eigenvalue weighted by Gasteiger charge is 2.16. The fraction of sp³-hybridized carbons (Fsp3) is 0.190. The lowest BCUT2D eigenvalue weighted by atomic mass is 10.1. The molecule has 1 N–H and O–H groups in total. The highest BCUT2D eigenvalue weighted by Crippen LogP contribution is 2.32. The lowest BCUT2D eigenvalue weighted by Crippen LogP contribution is -2.29. The van der Waals surface area contributed by atoms with Crippen LogP contribution in [0.2, 0.25) is 0 Å². The van der Waals surface area contributed by atoms with E-state index in [1.807, 2.05) is 0 Å². The first-order valence-corrected chi connectivity index (χ1v) is 9.29. The van der Waals surface area contributed by atoms with Gasteiger partial charge in [-0.1, -0.05) is 0 Å². The van der Waals surface area contributed by atoms with Gasteiger partial charge in [0.2, 0.25) is 5.91 Å². The summed E-state index contributed by atoms with van der Waals surface area (Å²) in [5.41, 5.74) is 0.542. The van der Waals surface area contributed by atoms with Crippen LogP contribution in [-0.4, -0.2) is 41.9 Å². The number of hydrogen-bond donors (Lipinski definition) is 1. The Morgan fingerprint density at radius 1 is 1.03 bits per heavy atom. The Bertz CT molecular complexity index is 1220. The topological polar surface area (TPSA) is 135 Å². The zero-order valence-corrected chi connectivity index (χ0v) is 17.5. The van der Waals surface area contributed by atoms with Crippen LogP contribution in [-0.2, 0) is 11.3 Å². The molecule has 1 heterocycles. The van der Waals surface area contributed by atoms with E-state index in [2.05, 4.69) is 10.4 Å². The van der Waals surface area contributed by atoms with Crippen molar-refractivity contribution in [1.82, 2.24) is 9.78 Å². The van der Waals surface area contributed by atoms with E-state index in [9.17, 15) is 19.7 Å². The number of rotatable bonds is 8. The predicted octanol–water partition coefficient (Wildman–Crippen LogP) is 2.48. The van der Waals surface area contributed by atoms with E-state index in [1.165, 1.54) is 51.7 Å². The molecule has 0 bridgehead atoms. The van der Waals surface area contributed by atoms with Crippen molar-refractivity contribution in [3.63, 3.8) is 0 Å². The van der Waals surface area contributed by atoms with E-state index in [1.54, 1.807) is 18.2 Å². The Kier molecular flexibility index (Phi) is 6.68. The fourth-order valence-electron chi connectivity index (χ4n) is 2.94. The molecule has 3 rings (SSSR count). The molecule has 166 valence electrons. The highest BCUT2D eigenvalue weighted by molar-refractivity contribution is 5.92. The molecule has 0 aliphatic carbocycles. The van der Waals surface area contributed by atoms with Crippen LogP contribution < -0.4 is 25.1 Å². The Labute approximate surface area is 182 Å². The first-order chi connectivity index (χ1) is 15.4. The zero-order chi connectivity index (χ0) is 23.3. The molecular formula is C21H20N4O7. The third-order valence-corrected chi connectivity index (χ3v) is 4.51. The average molecular weight is 440 g/mol. The maximum atomic E-state index is 12.5. The van der Waals surface area contributed by atoms with Gasteiger partial charge in [-0.25, -0.2) is 4.68 Å². The molecule has 0 radical (unpaired) electrons. The molecule has 0 atom stereocenters. The SMILES string of the molecule is COc1ccc(OC)c(-c2ccc(=O)n(CC(=O)Nc3ccc([N+](=O)[O-])cc3OC)n2)c1. The van der Waals surface area contributed by atoms with Crippen LogP contribution in [0.15, 0.2) is 53.3 Å². The van der Waals surface area contributed by atoms with Gasteiger partial charge < -0.3 is 19.5 Å². The van der Waals surface area contributed by atoms with Crippen molar-refractivity contribution in [1.29, 1.82) is 0 Å². The number of ether oxygens (including phenoxy) is 3. The molecule has 0 spiro atoms. The monoisotopic (exact) mass is 440 g/mol. The van der Waals surface area contributed by atoms with Gasteiger partial charge in [0.05, 0.1) is 43.7 Å². The summed E-state index contributed by atoms with van der Waals surface area (Å²) in [4.78, 5) is 35.2. The fourth-order valence-corrected chi connectivity index (χ4v) is 2.94. The summed E-state index contributed by atoms with van der Waals surface area (Å²) in [5.74, 6) is 0.635. The smallest absolute Gasteiger partial charge is 0.273 e. The van der Waals surface area contributed by atoms with Crippen LogP contribution in [0, 0.1) is 10.1 Å². The molecule has 1 aromatic heterocycles. The third-order valence-electron chi connectivity index (χ3n) is 4.51.